The zero-order chi connectivity index (χ0) is 20.4. The van der Waals surface area contributed by atoms with Crippen molar-refractivity contribution in [2.45, 2.75) is 84.7 Å². The number of hydrogen-bond acceptors (Lipinski definition) is 4. The summed E-state index contributed by atoms with van der Waals surface area (Å²) in [6.45, 7) is 7.14. The number of esters is 2. The van der Waals surface area contributed by atoms with Crippen LogP contribution < -0.4 is 0 Å². The molecule has 1 heterocycles. The molecule has 4 heteroatoms. The van der Waals surface area contributed by atoms with Crippen LogP contribution in [0.15, 0.2) is 11.6 Å². The van der Waals surface area contributed by atoms with Gasteiger partial charge in [-0.25, -0.2) is 4.79 Å². The van der Waals surface area contributed by atoms with E-state index in [-0.39, 0.29) is 18.0 Å². The monoisotopic (exact) mass is 400 g/mol. The van der Waals surface area contributed by atoms with Gasteiger partial charge in [0.1, 0.15) is 12.7 Å². The van der Waals surface area contributed by atoms with E-state index in [1.807, 2.05) is 0 Å². The maximum Gasteiger partial charge on any atom is 0.331 e. The summed E-state index contributed by atoms with van der Waals surface area (Å²) in [4.78, 5) is 23.1. The van der Waals surface area contributed by atoms with Gasteiger partial charge in [-0.15, -0.1) is 0 Å². The summed E-state index contributed by atoms with van der Waals surface area (Å²) in [6.07, 6.45) is 13.0. The van der Waals surface area contributed by atoms with Gasteiger partial charge in [-0.3, -0.25) is 4.79 Å². The van der Waals surface area contributed by atoms with Crippen LogP contribution in [0.25, 0.3) is 0 Å². The Morgan fingerprint density at radius 3 is 2.52 bits per heavy atom. The Morgan fingerprint density at radius 1 is 1.03 bits per heavy atom. The molecule has 0 bridgehead atoms. The van der Waals surface area contributed by atoms with E-state index in [0.29, 0.717) is 29.3 Å². The number of hydrogen-bond donors (Lipinski definition) is 0. The van der Waals surface area contributed by atoms with Crippen molar-refractivity contribution in [2.24, 2.45) is 40.4 Å². The highest BCUT2D eigenvalue weighted by Crippen LogP contribution is 2.68. The molecule has 4 nitrogen and oxygen atoms in total. The van der Waals surface area contributed by atoms with E-state index in [9.17, 15) is 9.59 Å². The highest BCUT2D eigenvalue weighted by molar-refractivity contribution is 5.85. The summed E-state index contributed by atoms with van der Waals surface area (Å²) in [5.41, 5.74) is 2.00. The minimum absolute atomic E-state index is 0.124. The fourth-order valence-electron chi connectivity index (χ4n) is 8.76. The summed E-state index contributed by atoms with van der Waals surface area (Å²) in [7, 11) is 0. The van der Waals surface area contributed by atoms with Crippen LogP contribution in [-0.2, 0) is 19.1 Å². The molecule has 5 aliphatic rings. The average Bonchev–Trinajstić information content (AvgIpc) is 3.24. The van der Waals surface area contributed by atoms with Crippen LogP contribution in [0.1, 0.15) is 78.6 Å². The first-order valence-electron chi connectivity index (χ1n) is 11.9. The molecule has 1 unspecified atom stereocenters. The largest absolute Gasteiger partial charge is 0.463 e. The normalized spacial score (nSPS) is 48.8. The summed E-state index contributed by atoms with van der Waals surface area (Å²) in [5.74, 6) is 3.39. The Kier molecular flexibility index (Phi) is 4.64. The Labute approximate surface area is 174 Å². The standard InChI is InChI=1S/C25H36O4/c1-15(26)29-18-8-10-24(2)17(13-18)4-5-19-21-7-6-20(16-12-23(27)28-14-16)25(21,3)11-9-22(19)24/h12,17-22H,4-11,13-14H2,1-3H3/t17-,18-,19-,20?,21-,22-,24-,25+/m0/s1. The zero-order valence-electron chi connectivity index (χ0n) is 18.2. The average molecular weight is 401 g/mol. The summed E-state index contributed by atoms with van der Waals surface area (Å²) in [6, 6.07) is 0. The lowest BCUT2D eigenvalue weighted by Crippen LogP contribution is -2.54. The maximum atomic E-state index is 11.7. The predicted molar refractivity (Wildman–Crippen MR) is 110 cm³/mol. The second-order valence-electron chi connectivity index (χ2n) is 11.2. The van der Waals surface area contributed by atoms with Gasteiger partial charge in [0.2, 0.25) is 0 Å². The molecule has 29 heavy (non-hydrogen) atoms. The number of cyclic esters (lactones) is 1. The van der Waals surface area contributed by atoms with Crippen LogP contribution in [0.2, 0.25) is 0 Å². The molecule has 0 spiro atoms. The Bertz CT molecular complexity index is 741. The van der Waals surface area contributed by atoms with Crippen LogP contribution in [0.3, 0.4) is 0 Å². The Morgan fingerprint density at radius 2 is 1.79 bits per heavy atom. The van der Waals surface area contributed by atoms with E-state index in [1.54, 1.807) is 13.0 Å². The number of rotatable bonds is 2. The molecule has 4 aliphatic carbocycles. The van der Waals surface area contributed by atoms with Crippen molar-refractivity contribution in [3.63, 3.8) is 0 Å². The van der Waals surface area contributed by atoms with Crippen molar-refractivity contribution in [1.29, 1.82) is 0 Å². The molecule has 0 N–H and O–H groups in total. The summed E-state index contributed by atoms with van der Waals surface area (Å²) < 4.78 is 10.9. The fourth-order valence-corrected chi connectivity index (χ4v) is 8.76. The van der Waals surface area contributed by atoms with Crippen molar-refractivity contribution in [1.82, 2.24) is 0 Å². The lowest BCUT2D eigenvalue weighted by Gasteiger charge is -2.61. The smallest absolute Gasteiger partial charge is 0.331 e. The quantitative estimate of drug-likeness (QED) is 0.608. The van der Waals surface area contributed by atoms with Gasteiger partial charge in [-0.2, -0.15) is 0 Å². The third-order valence-electron chi connectivity index (χ3n) is 10.1. The maximum absolute atomic E-state index is 11.7. The SMILES string of the molecule is CC(=O)O[C@H]1CC[C@@]2(C)[C@@H](CC[C@@H]3[C@@H]2CC[C@]2(C)C(C4=CC(=O)OC4)CC[C@@H]32)C1. The minimum atomic E-state index is -0.140. The third kappa shape index (κ3) is 2.99. The fraction of sp³-hybridized carbons (Fsp3) is 0.840. The molecule has 5 rings (SSSR count). The van der Waals surface area contributed by atoms with Crippen LogP contribution in [0, 0.1) is 40.4 Å². The van der Waals surface area contributed by atoms with E-state index < -0.39 is 0 Å². The molecule has 8 atom stereocenters. The molecule has 4 fully saturated rings. The molecule has 0 saturated heterocycles. The van der Waals surface area contributed by atoms with Gasteiger partial charge in [0, 0.05) is 13.0 Å². The molecular formula is C25H36O4. The lowest BCUT2D eigenvalue weighted by atomic mass is 9.44. The van der Waals surface area contributed by atoms with Crippen LogP contribution in [0.5, 0.6) is 0 Å². The first kappa shape index (κ1) is 19.6. The summed E-state index contributed by atoms with van der Waals surface area (Å²) in [5, 5.41) is 0. The summed E-state index contributed by atoms with van der Waals surface area (Å²) >= 11 is 0. The molecule has 4 saturated carbocycles. The minimum Gasteiger partial charge on any atom is -0.463 e. The van der Waals surface area contributed by atoms with Crippen molar-refractivity contribution in [2.75, 3.05) is 6.61 Å². The van der Waals surface area contributed by atoms with Crippen LogP contribution >= 0.6 is 0 Å². The first-order valence-corrected chi connectivity index (χ1v) is 11.9. The van der Waals surface area contributed by atoms with E-state index in [0.717, 1.165) is 30.6 Å². The van der Waals surface area contributed by atoms with Gasteiger partial charge in [-0.1, -0.05) is 13.8 Å². The molecule has 160 valence electrons. The second kappa shape index (κ2) is 6.85. The van der Waals surface area contributed by atoms with Crippen LogP contribution in [-0.4, -0.2) is 24.6 Å². The Balaban J connectivity index is 1.35. The molecule has 1 aliphatic heterocycles. The molecule has 0 aromatic heterocycles. The lowest BCUT2D eigenvalue weighted by molar-refractivity contribution is -0.159. The van der Waals surface area contributed by atoms with Crippen LogP contribution in [0.4, 0.5) is 0 Å². The number of ether oxygens (including phenoxy) is 2. The molecule has 0 aromatic rings. The molecule has 0 aromatic carbocycles. The topological polar surface area (TPSA) is 52.6 Å². The number of carbonyl (C=O) groups excluding carboxylic acids is 2. The third-order valence-corrected chi connectivity index (χ3v) is 10.1. The number of carbonyl (C=O) groups is 2. The van der Waals surface area contributed by atoms with Gasteiger partial charge in [0.05, 0.1) is 0 Å². The van der Waals surface area contributed by atoms with Crippen molar-refractivity contribution in [3.05, 3.63) is 11.6 Å². The highest BCUT2D eigenvalue weighted by atomic mass is 16.5. The predicted octanol–water partition coefficient (Wildman–Crippen LogP) is 5.06. The first-order chi connectivity index (χ1) is 13.8. The number of fused-ring (bicyclic) bond motifs is 5. The zero-order valence-corrected chi connectivity index (χ0v) is 18.2. The van der Waals surface area contributed by atoms with E-state index >= 15 is 0 Å². The second-order valence-corrected chi connectivity index (χ2v) is 11.2. The van der Waals surface area contributed by atoms with Gasteiger partial charge >= 0.3 is 11.9 Å². The van der Waals surface area contributed by atoms with E-state index in [4.69, 9.17) is 9.47 Å². The molecule has 0 radical (unpaired) electrons. The van der Waals surface area contributed by atoms with Gasteiger partial charge < -0.3 is 9.47 Å². The van der Waals surface area contributed by atoms with Crippen molar-refractivity contribution < 1.29 is 19.1 Å². The highest BCUT2D eigenvalue weighted by Gasteiger charge is 2.60. The molecular weight excluding hydrogens is 364 g/mol. The van der Waals surface area contributed by atoms with Gasteiger partial charge in [0.25, 0.3) is 0 Å². The van der Waals surface area contributed by atoms with Gasteiger partial charge in [0.15, 0.2) is 0 Å². The Hall–Kier alpha value is -1.32. The van der Waals surface area contributed by atoms with Crippen molar-refractivity contribution in [3.8, 4) is 0 Å². The van der Waals surface area contributed by atoms with Gasteiger partial charge in [-0.05, 0) is 104 Å². The van der Waals surface area contributed by atoms with E-state index in [1.165, 1.54) is 50.5 Å². The van der Waals surface area contributed by atoms with Crippen molar-refractivity contribution >= 4 is 11.9 Å². The van der Waals surface area contributed by atoms with E-state index in [2.05, 4.69) is 13.8 Å². The molecule has 0 amide bonds.